The number of amides is 1. The Morgan fingerprint density at radius 1 is 1.33 bits per heavy atom. The molecule has 0 rings (SSSR count). The highest BCUT2D eigenvalue weighted by Crippen LogP contribution is 2.07. The van der Waals surface area contributed by atoms with E-state index in [-0.39, 0.29) is 0 Å². The summed E-state index contributed by atoms with van der Waals surface area (Å²) in [6.45, 7) is 11.1. The molecule has 0 saturated carbocycles. The highest BCUT2D eigenvalue weighted by molar-refractivity contribution is 5.84. The average molecular weight is 214 g/mol. The van der Waals surface area contributed by atoms with E-state index in [2.05, 4.69) is 4.99 Å². The molecule has 2 N–H and O–H groups in total. The van der Waals surface area contributed by atoms with Gasteiger partial charge in [0.2, 0.25) is 0 Å². The summed E-state index contributed by atoms with van der Waals surface area (Å²) in [5.41, 5.74) is 5.41. The molecular formula is C11H22N2O2. The lowest BCUT2D eigenvalue weighted by molar-refractivity contribution is 0.0605. The number of nitrogens with zero attached hydrogens (tertiary/aromatic N) is 1. The summed E-state index contributed by atoms with van der Waals surface area (Å²) in [6, 6.07) is 0. The van der Waals surface area contributed by atoms with E-state index in [9.17, 15) is 4.79 Å². The molecule has 0 aliphatic rings. The van der Waals surface area contributed by atoms with Crippen molar-refractivity contribution in [3.8, 4) is 0 Å². The topological polar surface area (TPSA) is 64.7 Å². The molecule has 0 saturated heterocycles. The molecule has 0 aromatic rings. The summed E-state index contributed by atoms with van der Waals surface area (Å²) in [5, 5.41) is 0. The van der Waals surface area contributed by atoms with Gasteiger partial charge in [-0.25, -0.2) is 4.79 Å². The first-order valence-corrected chi connectivity index (χ1v) is 5.00. The molecule has 0 heterocycles. The van der Waals surface area contributed by atoms with Crippen molar-refractivity contribution in [2.24, 2.45) is 10.7 Å². The number of allylic oxidation sites excluding steroid dienone is 2. The zero-order valence-corrected chi connectivity index (χ0v) is 10.5. The smallest absolute Gasteiger partial charge is 0.434 e. The van der Waals surface area contributed by atoms with Crippen LogP contribution in [-0.2, 0) is 4.74 Å². The Hall–Kier alpha value is -1.32. The van der Waals surface area contributed by atoms with Crippen LogP contribution in [0.15, 0.2) is 16.8 Å². The van der Waals surface area contributed by atoms with Crippen LogP contribution in [0, 0.1) is 0 Å². The second-order valence-electron chi connectivity index (χ2n) is 3.67. The quantitative estimate of drug-likeness (QED) is 0.682. The standard InChI is InChI=1S/C9H16N2O2.C2H6/c1-7(10)5-6-11-8(12)13-9(2,3)4;1-2/h5-6H,10H2,1-4H3;1-2H3/b7-5-,11-6+;. The Morgan fingerprint density at radius 3 is 2.13 bits per heavy atom. The minimum absolute atomic E-state index is 0.504. The normalized spacial score (nSPS) is 12.0. The van der Waals surface area contributed by atoms with Gasteiger partial charge in [-0.05, 0) is 33.8 Å². The van der Waals surface area contributed by atoms with Gasteiger partial charge in [-0.3, -0.25) is 0 Å². The highest BCUT2D eigenvalue weighted by Gasteiger charge is 2.14. The number of rotatable bonds is 1. The maximum Gasteiger partial charge on any atom is 0.434 e. The molecule has 88 valence electrons. The van der Waals surface area contributed by atoms with Crippen LogP contribution in [0.5, 0.6) is 0 Å². The van der Waals surface area contributed by atoms with Crippen LogP contribution in [0.25, 0.3) is 0 Å². The van der Waals surface area contributed by atoms with Crippen molar-refractivity contribution >= 4 is 12.3 Å². The van der Waals surface area contributed by atoms with Crippen LogP contribution in [-0.4, -0.2) is 17.9 Å². The fourth-order valence-corrected chi connectivity index (χ4v) is 0.504. The fraction of sp³-hybridized carbons (Fsp3) is 0.636. The molecule has 15 heavy (non-hydrogen) atoms. The van der Waals surface area contributed by atoms with Gasteiger partial charge in [0.25, 0.3) is 0 Å². The van der Waals surface area contributed by atoms with Crippen LogP contribution in [0.2, 0.25) is 0 Å². The molecule has 0 aliphatic carbocycles. The zero-order valence-electron chi connectivity index (χ0n) is 10.5. The Balaban J connectivity index is 0. The third-order valence-electron chi connectivity index (χ3n) is 0.911. The highest BCUT2D eigenvalue weighted by atomic mass is 16.6. The average Bonchev–Trinajstić information content (AvgIpc) is 2.03. The van der Waals surface area contributed by atoms with Crippen LogP contribution in [0.1, 0.15) is 41.5 Å². The number of carbonyl (C=O) groups excluding carboxylic acids is 1. The number of aliphatic imine (C=N–C) groups is 1. The predicted octanol–water partition coefficient (Wildman–Crippen LogP) is 2.88. The molecular weight excluding hydrogens is 192 g/mol. The number of carbonyl (C=O) groups is 1. The largest absolute Gasteiger partial charge is 0.442 e. The van der Waals surface area contributed by atoms with Gasteiger partial charge >= 0.3 is 6.09 Å². The van der Waals surface area contributed by atoms with E-state index < -0.39 is 11.7 Å². The second-order valence-corrected chi connectivity index (χ2v) is 3.67. The van der Waals surface area contributed by atoms with Crippen molar-refractivity contribution in [3.63, 3.8) is 0 Å². The molecule has 4 heteroatoms. The van der Waals surface area contributed by atoms with E-state index in [1.54, 1.807) is 27.7 Å². The minimum Gasteiger partial charge on any atom is -0.442 e. The van der Waals surface area contributed by atoms with Crippen LogP contribution in [0.3, 0.4) is 0 Å². The summed E-state index contributed by atoms with van der Waals surface area (Å²) in [7, 11) is 0. The van der Waals surface area contributed by atoms with E-state index >= 15 is 0 Å². The minimum atomic E-state index is -0.606. The lowest BCUT2D eigenvalue weighted by Gasteiger charge is -2.16. The van der Waals surface area contributed by atoms with Gasteiger partial charge in [-0.1, -0.05) is 13.8 Å². The Bertz CT molecular complexity index is 233. The molecule has 0 radical (unpaired) electrons. The van der Waals surface area contributed by atoms with Crippen LogP contribution >= 0.6 is 0 Å². The van der Waals surface area contributed by atoms with E-state index in [0.717, 1.165) is 0 Å². The summed E-state index contributed by atoms with van der Waals surface area (Å²) in [4.78, 5) is 14.5. The number of hydrogen-bond acceptors (Lipinski definition) is 3. The zero-order chi connectivity index (χ0) is 12.5. The van der Waals surface area contributed by atoms with Gasteiger partial charge < -0.3 is 10.5 Å². The summed E-state index contributed by atoms with van der Waals surface area (Å²) >= 11 is 0. The SMILES string of the molecule is C/C(N)=C/C=N/C(=O)OC(C)(C)C.CC. The summed E-state index contributed by atoms with van der Waals surface area (Å²) < 4.78 is 4.91. The van der Waals surface area contributed by atoms with Crippen molar-refractivity contribution in [2.75, 3.05) is 0 Å². The molecule has 0 aliphatic heterocycles. The van der Waals surface area contributed by atoms with Gasteiger partial charge in [-0.15, -0.1) is 0 Å². The van der Waals surface area contributed by atoms with Crippen LogP contribution in [0.4, 0.5) is 4.79 Å². The molecule has 0 atom stereocenters. The van der Waals surface area contributed by atoms with Crippen LogP contribution < -0.4 is 5.73 Å². The first-order valence-electron chi connectivity index (χ1n) is 5.00. The molecule has 1 amide bonds. The van der Waals surface area contributed by atoms with Gasteiger partial charge in [0, 0.05) is 11.9 Å². The maximum atomic E-state index is 10.9. The van der Waals surface area contributed by atoms with Crippen molar-refractivity contribution in [2.45, 2.75) is 47.1 Å². The molecule has 0 aromatic carbocycles. The number of nitrogens with two attached hydrogens (primary N) is 1. The van der Waals surface area contributed by atoms with E-state index in [1.807, 2.05) is 13.8 Å². The van der Waals surface area contributed by atoms with Gasteiger partial charge in [0.05, 0.1) is 0 Å². The molecule has 0 aromatic heterocycles. The van der Waals surface area contributed by atoms with Crippen molar-refractivity contribution in [3.05, 3.63) is 11.8 Å². The second kappa shape index (κ2) is 8.03. The Kier molecular flexibility index (Phi) is 8.63. The summed E-state index contributed by atoms with van der Waals surface area (Å²) in [5.74, 6) is 0. The maximum absolute atomic E-state index is 10.9. The molecule has 0 bridgehead atoms. The van der Waals surface area contributed by atoms with E-state index in [4.69, 9.17) is 10.5 Å². The lowest BCUT2D eigenvalue weighted by Crippen LogP contribution is -2.21. The van der Waals surface area contributed by atoms with E-state index in [1.165, 1.54) is 12.3 Å². The monoisotopic (exact) mass is 214 g/mol. The molecule has 0 spiro atoms. The first kappa shape index (κ1) is 16.1. The van der Waals surface area contributed by atoms with Crippen molar-refractivity contribution in [1.82, 2.24) is 0 Å². The van der Waals surface area contributed by atoms with Crippen molar-refractivity contribution < 1.29 is 9.53 Å². The Labute approximate surface area is 92.2 Å². The predicted molar refractivity (Wildman–Crippen MR) is 64.0 cm³/mol. The van der Waals surface area contributed by atoms with Gasteiger partial charge in [-0.2, -0.15) is 4.99 Å². The summed E-state index contributed by atoms with van der Waals surface area (Å²) in [6.07, 6.45) is 2.25. The lowest BCUT2D eigenvalue weighted by atomic mass is 10.2. The van der Waals surface area contributed by atoms with Gasteiger partial charge in [0.1, 0.15) is 5.60 Å². The third kappa shape index (κ3) is 15.4. The van der Waals surface area contributed by atoms with Crippen molar-refractivity contribution in [1.29, 1.82) is 0 Å². The molecule has 4 nitrogen and oxygen atoms in total. The Morgan fingerprint density at radius 2 is 1.80 bits per heavy atom. The molecule has 0 fully saturated rings. The molecule has 0 unspecified atom stereocenters. The third-order valence-corrected chi connectivity index (χ3v) is 0.911. The van der Waals surface area contributed by atoms with Gasteiger partial charge in [0.15, 0.2) is 0 Å². The van der Waals surface area contributed by atoms with E-state index in [0.29, 0.717) is 5.70 Å². The number of ether oxygens (including phenoxy) is 1. The fourth-order valence-electron chi connectivity index (χ4n) is 0.504. The number of hydrogen-bond donors (Lipinski definition) is 1. The first-order chi connectivity index (χ1) is 6.81.